The zero-order valence-electron chi connectivity index (χ0n) is 12.5. The molecule has 0 aliphatic carbocycles. The molecule has 114 valence electrons. The predicted molar refractivity (Wildman–Crippen MR) is 98.4 cm³/mol. The van der Waals surface area contributed by atoms with E-state index in [1.807, 2.05) is 78.9 Å². The summed E-state index contributed by atoms with van der Waals surface area (Å²) < 4.78 is 1.00. The fourth-order valence-corrected chi connectivity index (χ4v) is 2.98. The molecule has 3 aromatic rings. The van der Waals surface area contributed by atoms with Crippen molar-refractivity contribution < 1.29 is 4.79 Å². The lowest BCUT2D eigenvalue weighted by atomic mass is 10.0. The standard InChI is InChI=1S/C20H16BrNO/c21-18-12-6-4-10-16(18)17-11-5-7-13-19(17)22-20(23)14-15-8-2-1-3-9-15/h1-13H,14H2,(H,22,23). The number of hydrogen-bond acceptors (Lipinski definition) is 1. The Hall–Kier alpha value is -2.39. The third-order valence-corrected chi connectivity index (χ3v) is 4.26. The van der Waals surface area contributed by atoms with Gasteiger partial charge in [0.2, 0.25) is 5.91 Å². The van der Waals surface area contributed by atoms with Crippen LogP contribution < -0.4 is 5.32 Å². The van der Waals surface area contributed by atoms with Gasteiger partial charge in [0, 0.05) is 15.7 Å². The van der Waals surface area contributed by atoms with Crippen LogP contribution >= 0.6 is 15.9 Å². The minimum Gasteiger partial charge on any atom is -0.325 e. The zero-order chi connectivity index (χ0) is 16.1. The molecule has 0 saturated carbocycles. The lowest BCUT2D eigenvalue weighted by Crippen LogP contribution is -2.15. The number of nitrogens with one attached hydrogen (secondary N) is 1. The second kappa shape index (κ2) is 7.25. The highest BCUT2D eigenvalue weighted by atomic mass is 79.9. The average Bonchev–Trinajstić information content (AvgIpc) is 2.57. The number of para-hydroxylation sites is 1. The van der Waals surface area contributed by atoms with E-state index >= 15 is 0 Å². The van der Waals surface area contributed by atoms with Crippen LogP contribution in [0.15, 0.2) is 83.3 Å². The Morgan fingerprint density at radius 2 is 1.39 bits per heavy atom. The first-order valence-electron chi connectivity index (χ1n) is 7.42. The summed E-state index contributed by atoms with van der Waals surface area (Å²) in [7, 11) is 0. The van der Waals surface area contributed by atoms with Crippen molar-refractivity contribution >= 4 is 27.5 Å². The van der Waals surface area contributed by atoms with E-state index in [0.717, 1.165) is 26.9 Å². The third-order valence-electron chi connectivity index (χ3n) is 3.57. The maximum absolute atomic E-state index is 12.3. The molecule has 3 heteroatoms. The van der Waals surface area contributed by atoms with E-state index in [-0.39, 0.29) is 5.91 Å². The van der Waals surface area contributed by atoms with Crippen molar-refractivity contribution in [3.8, 4) is 11.1 Å². The minimum atomic E-state index is -0.0179. The molecule has 2 nitrogen and oxygen atoms in total. The fourth-order valence-electron chi connectivity index (χ4n) is 2.48. The number of carbonyl (C=O) groups excluding carboxylic acids is 1. The molecule has 0 radical (unpaired) electrons. The molecule has 0 bridgehead atoms. The number of hydrogen-bond donors (Lipinski definition) is 1. The quantitative estimate of drug-likeness (QED) is 0.667. The van der Waals surface area contributed by atoms with Gasteiger partial charge in [0.05, 0.1) is 6.42 Å². The summed E-state index contributed by atoms with van der Waals surface area (Å²) in [4.78, 5) is 12.3. The van der Waals surface area contributed by atoms with Crippen LogP contribution in [-0.2, 0) is 11.2 Å². The highest BCUT2D eigenvalue weighted by molar-refractivity contribution is 9.10. The first-order valence-corrected chi connectivity index (χ1v) is 8.21. The number of rotatable bonds is 4. The molecule has 0 spiro atoms. The third kappa shape index (κ3) is 3.88. The Bertz CT molecular complexity index is 815. The van der Waals surface area contributed by atoms with Crippen LogP contribution in [0.25, 0.3) is 11.1 Å². The molecule has 0 heterocycles. The Labute approximate surface area is 144 Å². The van der Waals surface area contributed by atoms with Crippen molar-refractivity contribution in [2.75, 3.05) is 5.32 Å². The Morgan fingerprint density at radius 1 is 0.783 bits per heavy atom. The molecule has 0 aliphatic heterocycles. The average molecular weight is 366 g/mol. The van der Waals surface area contributed by atoms with Crippen LogP contribution in [0.2, 0.25) is 0 Å². The largest absolute Gasteiger partial charge is 0.325 e. The second-order valence-corrected chi connectivity index (χ2v) is 6.09. The summed E-state index contributed by atoms with van der Waals surface area (Å²) in [5.41, 5.74) is 3.88. The van der Waals surface area contributed by atoms with E-state index in [9.17, 15) is 4.79 Å². The minimum absolute atomic E-state index is 0.0179. The van der Waals surface area contributed by atoms with E-state index in [4.69, 9.17) is 0 Å². The summed E-state index contributed by atoms with van der Waals surface area (Å²) in [6, 6.07) is 25.6. The van der Waals surface area contributed by atoms with Crippen molar-refractivity contribution in [2.45, 2.75) is 6.42 Å². The first-order chi connectivity index (χ1) is 11.2. The van der Waals surface area contributed by atoms with Crippen molar-refractivity contribution in [1.82, 2.24) is 0 Å². The number of halogens is 1. The Kier molecular flexibility index (Phi) is 4.89. The van der Waals surface area contributed by atoms with Gasteiger partial charge in [0.1, 0.15) is 0 Å². The van der Waals surface area contributed by atoms with Crippen LogP contribution in [0.4, 0.5) is 5.69 Å². The summed E-state index contributed by atoms with van der Waals surface area (Å²) in [6.07, 6.45) is 0.366. The van der Waals surface area contributed by atoms with Crippen LogP contribution in [0.3, 0.4) is 0 Å². The van der Waals surface area contributed by atoms with E-state index in [1.54, 1.807) is 0 Å². The SMILES string of the molecule is O=C(Cc1ccccc1)Nc1ccccc1-c1ccccc1Br. The Balaban J connectivity index is 1.84. The fraction of sp³-hybridized carbons (Fsp3) is 0.0500. The van der Waals surface area contributed by atoms with Crippen LogP contribution in [0.5, 0.6) is 0 Å². The molecule has 0 atom stereocenters. The van der Waals surface area contributed by atoms with Crippen LogP contribution in [-0.4, -0.2) is 5.91 Å². The summed E-state index contributed by atoms with van der Waals surface area (Å²) >= 11 is 3.57. The maximum atomic E-state index is 12.3. The first kappa shape index (κ1) is 15.5. The molecule has 23 heavy (non-hydrogen) atoms. The van der Waals surface area contributed by atoms with Gasteiger partial charge >= 0.3 is 0 Å². The molecular formula is C20H16BrNO. The molecule has 0 saturated heterocycles. The van der Waals surface area contributed by atoms with Gasteiger partial charge in [-0.05, 0) is 23.3 Å². The van der Waals surface area contributed by atoms with Gasteiger partial charge in [-0.3, -0.25) is 4.79 Å². The van der Waals surface area contributed by atoms with E-state index in [1.165, 1.54) is 0 Å². The maximum Gasteiger partial charge on any atom is 0.228 e. The molecule has 0 aliphatic rings. The zero-order valence-corrected chi connectivity index (χ0v) is 14.1. The number of carbonyl (C=O) groups is 1. The highest BCUT2D eigenvalue weighted by Crippen LogP contribution is 2.33. The van der Waals surface area contributed by atoms with Gasteiger partial charge in [-0.2, -0.15) is 0 Å². The summed E-state index contributed by atoms with van der Waals surface area (Å²) in [5.74, 6) is -0.0179. The van der Waals surface area contributed by atoms with E-state index < -0.39 is 0 Å². The molecule has 0 unspecified atom stereocenters. The summed E-state index contributed by atoms with van der Waals surface area (Å²) in [6.45, 7) is 0. The van der Waals surface area contributed by atoms with Gasteiger partial charge in [-0.25, -0.2) is 0 Å². The normalized spacial score (nSPS) is 10.3. The van der Waals surface area contributed by atoms with Gasteiger partial charge in [0.15, 0.2) is 0 Å². The van der Waals surface area contributed by atoms with Gasteiger partial charge in [-0.1, -0.05) is 82.7 Å². The van der Waals surface area contributed by atoms with Gasteiger partial charge < -0.3 is 5.32 Å². The topological polar surface area (TPSA) is 29.1 Å². The van der Waals surface area contributed by atoms with Crippen LogP contribution in [0.1, 0.15) is 5.56 Å². The molecule has 0 aromatic heterocycles. The Morgan fingerprint density at radius 3 is 2.13 bits per heavy atom. The van der Waals surface area contributed by atoms with E-state index in [0.29, 0.717) is 6.42 Å². The number of anilines is 1. The molecule has 0 fully saturated rings. The monoisotopic (exact) mass is 365 g/mol. The molecule has 1 N–H and O–H groups in total. The molecule has 1 amide bonds. The van der Waals surface area contributed by atoms with Crippen molar-refractivity contribution in [3.63, 3.8) is 0 Å². The summed E-state index contributed by atoms with van der Waals surface area (Å²) in [5, 5.41) is 3.02. The number of benzene rings is 3. The predicted octanol–water partition coefficient (Wildman–Crippen LogP) is 5.30. The van der Waals surface area contributed by atoms with E-state index in [2.05, 4.69) is 21.2 Å². The second-order valence-electron chi connectivity index (χ2n) is 5.24. The van der Waals surface area contributed by atoms with Gasteiger partial charge in [-0.15, -0.1) is 0 Å². The number of amides is 1. The van der Waals surface area contributed by atoms with Gasteiger partial charge in [0.25, 0.3) is 0 Å². The molecule has 3 rings (SSSR count). The van der Waals surface area contributed by atoms with Crippen molar-refractivity contribution in [1.29, 1.82) is 0 Å². The highest BCUT2D eigenvalue weighted by Gasteiger charge is 2.10. The van der Waals surface area contributed by atoms with Crippen molar-refractivity contribution in [2.24, 2.45) is 0 Å². The molecule has 3 aromatic carbocycles. The lowest BCUT2D eigenvalue weighted by Gasteiger charge is -2.12. The smallest absolute Gasteiger partial charge is 0.228 e. The molecular weight excluding hydrogens is 350 g/mol. The van der Waals surface area contributed by atoms with Crippen LogP contribution in [0, 0.1) is 0 Å². The van der Waals surface area contributed by atoms with Crippen molar-refractivity contribution in [3.05, 3.63) is 88.9 Å². The lowest BCUT2D eigenvalue weighted by molar-refractivity contribution is -0.115.